The first-order valence-electron chi connectivity index (χ1n) is 13.2. The molecule has 9 heteroatoms. The van der Waals surface area contributed by atoms with Gasteiger partial charge in [0.15, 0.2) is 0 Å². The Hall–Kier alpha value is -3.36. The number of carbonyl (C=O) groups excluding carboxylic acids is 2. The van der Waals surface area contributed by atoms with Crippen molar-refractivity contribution in [2.75, 3.05) is 10.8 Å². The Labute approximate surface area is 243 Å². The highest BCUT2D eigenvalue weighted by Crippen LogP contribution is 2.28. The van der Waals surface area contributed by atoms with Crippen LogP contribution in [0.15, 0.2) is 77.7 Å². The van der Waals surface area contributed by atoms with Crippen LogP contribution in [0.2, 0.25) is 5.02 Å². The van der Waals surface area contributed by atoms with Crippen LogP contribution >= 0.6 is 11.6 Å². The molecule has 0 saturated heterocycles. The second kappa shape index (κ2) is 12.9. The Balaban J connectivity index is 2.08. The Bertz CT molecular complexity index is 1430. The lowest BCUT2D eigenvalue weighted by molar-refractivity contribution is -0.141. The molecule has 0 bridgehead atoms. The lowest BCUT2D eigenvalue weighted by atomic mass is 10.1. The molecule has 40 heavy (non-hydrogen) atoms. The SMILES string of the molecule is CC[C@H](C(=O)NC(C)(C)C)N(Cc1ccc(C)cc1)C(=O)CN(c1ccccc1C)S(=O)(=O)c1ccc(Cl)cc1. The summed E-state index contributed by atoms with van der Waals surface area (Å²) in [5, 5.41) is 3.38. The maximum Gasteiger partial charge on any atom is 0.264 e. The highest BCUT2D eigenvalue weighted by molar-refractivity contribution is 7.92. The van der Waals surface area contributed by atoms with E-state index in [2.05, 4.69) is 5.32 Å². The van der Waals surface area contributed by atoms with E-state index in [1.165, 1.54) is 29.2 Å². The zero-order chi connectivity index (χ0) is 29.7. The molecule has 0 spiro atoms. The Morgan fingerprint density at radius 1 is 0.925 bits per heavy atom. The lowest BCUT2D eigenvalue weighted by Crippen LogP contribution is -2.55. The molecule has 7 nitrogen and oxygen atoms in total. The average molecular weight is 584 g/mol. The molecule has 1 N–H and O–H groups in total. The van der Waals surface area contributed by atoms with Crippen molar-refractivity contribution in [2.24, 2.45) is 0 Å². The van der Waals surface area contributed by atoms with Crippen LogP contribution < -0.4 is 9.62 Å². The van der Waals surface area contributed by atoms with E-state index in [0.717, 1.165) is 15.4 Å². The van der Waals surface area contributed by atoms with E-state index < -0.39 is 34.1 Å². The smallest absolute Gasteiger partial charge is 0.264 e. The van der Waals surface area contributed by atoms with Crippen molar-refractivity contribution < 1.29 is 18.0 Å². The van der Waals surface area contributed by atoms with Crippen LogP contribution in [0.5, 0.6) is 0 Å². The summed E-state index contributed by atoms with van der Waals surface area (Å²) in [7, 11) is -4.16. The lowest BCUT2D eigenvalue weighted by Gasteiger charge is -2.35. The number of para-hydroxylation sites is 1. The first-order chi connectivity index (χ1) is 18.7. The Morgan fingerprint density at radius 3 is 2.08 bits per heavy atom. The predicted molar refractivity (Wildman–Crippen MR) is 161 cm³/mol. The second-order valence-electron chi connectivity index (χ2n) is 10.9. The average Bonchev–Trinajstić information content (AvgIpc) is 2.88. The molecule has 3 aromatic carbocycles. The minimum atomic E-state index is -4.16. The van der Waals surface area contributed by atoms with Crippen LogP contribution in [0.25, 0.3) is 0 Å². The van der Waals surface area contributed by atoms with Crippen LogP contribution in [0.1, 0.15) is 50.8 Å². The Kier molecular flexibility index (Phi) is 10.0. The number of halogens is 1. The third-order valence-electron chi connectivity index (χ3n) is 6.42. The summed E-state index contributed by atoms with van der Waals surface area (Å²) in [6.07, 6.45) is 0.355. The van der Waals surface area contributed by atoms with Gasteiger partial charge in [-0.1, -0.05) is 66.6 Å². The fraction of sp³-hybridized carbons (Fsp3) is 0.355. The molecule has 0 aromatic heterocycles. The zero-order valence-electron chi connectivity index (χ0n) is 23.9. The second-order valence-corrected chi connectivity index (χ2v) is 13.2. The quantitative estimate of drug-likeness (QED) is 0.323. The van der Waals surface area contributed by atoms with Gasteiger partial charge in [0.05, 0.1) is 10.6 Å². The van der Waals surface area contributed by atoms with E-state index in [9.17, 15) is 18.0 Å². The number of hydrogen-bond acceptors (Lipinski definition) is 4. The van der Waals surface area contributed by atoms with E-state index >= 15 is 0 Å². The van der Waals surface area contributed by atoms with Gasteiger partial charge in [-0.3, -0.25) is 13.9 Å². The topological polar surface area (TPSA) is 86.8 Å². The molecule has 0 radical (unpaired) electrons. The fourth-order valence-electron chi connectivity index (χ4n) is 4.35. The van der Waals surface area contributed by atoms with Crippen molar-refractivity contribution in [3.05, 3.63) is 94.5 Å². The molecule has 3 rings (SSSR count). The van der Waals surface area contributed by atoms with Gasteiger partial charge in [-0.15, -0.1) is 0 Å². The van der Waals surface area contributed by atoms with Gasteiger partial charge in [-0.25, -0.2) is 8.42 Å². The number of benzene rings is 3. The summed E-state index contributed by atoms with van der Waals surface area (Å²) in [4.78, 5) is 29.0. The van der Waals surface area contributed by atoms with Gasteiger partial charge in [0.1, 0.15) is 12.6 Å². The third kappa shape index (κ3) is 7.86. The zero-order valence-corrected chi connectivity index (χ0v) is 25.5. The molecule has 2 amide bonds. The summed E-state index contributed by atoms with van der Waals surface area (Å²) in [5.41, 5.74) is 2.47. The summed E-state index contributed by atoms with van der Waals surface area (Å²) in [6.45, 7) is 10.9. The number of nitrogens with zero attached hydrogens (tertiary/aromatic N) is 2. The van der Waals surface area contributed by atoms with Gasteiger partial charge in [-0.05, 0) is 82.5 Å². The number of sulfonamides is 1. The highest BCUT2D eigenvalue weighted by Gasteiger charge is 2.35. The molecule has 214 valence electrons. The van der Waals surface area contributed by atoms with Crippen LogP contribution in [-0.4, -0.2) is 43.3 Å². The van der Waals surface area contributed by atoms with E-state index in [0.29, 0.717) is 22.7 Å². The fourth-order valence-corrected chi connectivity index (χ4v) is 5.96. The van der Waals surface area contributed by atoms with E-state index in [-0.39, 0.29) is 17.3 Å². The van der Waals surface area contributed by atoms with Crippen molar-refractivity contribution in [3.8, 4) is 0 Å². The summed E-state index contributed by atoms with van der Waals surface area (Å²) < 4.78 is 29.0. The van der Waals surface area contributed by atoms with E-state index in [1.807, 2.05) is 58.9 Å². The largest absolute Gasteiger partial charge is 0.350 e. The van der Waals surface area contributed by atoms with Gasteiger partial charge < -0.3 is 10.2 Å². The number of amides is 2. The maximum atomic E-state index is 14.1. The van der Waals surface area contributed by atoms with Crippen molar-refractivity contribution >= 4 is 39.1 Å². The molecule has 0 aliphatic heterocycles. The van der Waals surface area contributed by atoms with Gasteiger partial charge in [0, 0.05) is 17.1 Å². The summed E-state index contributed by atoms with van der Waals surface area (Å²) in [5.74, 6) is -0.782. The molecule has 3 aromatic rings. The van der Waals surface area contributed by atoms with Crippen LogP contribution in [0.3, 0.4) is 0 Å². The number of anilines is 1. The van der Waals surface area contributed by atoms with Crippen LogP contribution in [0, 0.1) is 13.8 Å². The Morgan fingerprint density at radius 2 is 1.52 bits per heavy atom. The van der Waals surface area contributed by atoms with E-state index in [4.69, 9.17) is 11.6 Å². The van der Waals surface area contributed by atoms with Gasteiger partial charge in [-0.2, -0.15) is 0 Å². The molecular weight excluding hydrogens is 546 g/mol. The van der Waals surface area contributed by atoms with Crippen molar-refractivity contribution in [1.82, 2.24) is 10.2 Å². The monoisotopic (exact) mass is 583 g/mol. The van der Waals surface area contributed by atoms with Gasteiger partial charge in [0.25, 0.3) is 10.0 Å². The van der Waals surface area contributed by atoms with Crippen LogP contribution in [-0.2, 0) is 26.2 Å². The highest BCUT2D eigenvalue weighted by atomic mass is 35.5. The molecule has 0 unspecified atom stereocenters. The van der Waals surface area contributed by atoms with Crippen molar-refractivity contribution in [3.63, 3.8) is 0 Å². The summed E-state index contributed by atoms with van der Waals surface area (Å²) >= 11 is 6.02. The minimum absolute atomic E-state index is 0.00977. The standard InChI is InChI=1S/C31H38ClN3O4S/c1-7-27(30(37)33-31(4,5)6)34(20-24-14-12-22(2)13-15-24)29(36)21-35(28-11-9-8-10-23(28)3)40(38,39)26-18-16-25(32)17-19-26/h8-19,27H,7,20-21H2,1-6H3,(H,33,37)/t27-/m1/s1. The van der Waals surface area contributed by atoms with Crippen molar-refractivity contribution in [2.45, 2.75) is 71.0 Å². The number of hydrogen-bond donors (Lipinski definition) is 1. The molecule has 0 aliphatic rings. The first-order valence-corrected chi connectivity index (χ1v) is 15.1. The summed E-state index contributed by atoms with van der Waals surface area (Å²) in [6, 6.07) is 19.7. The van der Waals surface area contributed by atoms with Crippen LogP contribution in [0.4, 0.5) is 5.69 Å². The minimum Gasteiger partial charge on any atom is -0.350 e. The third-order valence-corrected chi connectivity index (χ3v) is 8.45. The van der Waals surface area contributed by atoms with Gasteiger partial charge >= 0.3 is 0 Å². The van der Waals surface area contributed by atoms with Gasteiger partial charge in [0.2, 0.25) is 11.8 Å². The molecule has 0 heterocycles. The molecule has 1 atom stereocenters. The molecule has 0 saturated carbocycles. The maximum absolute atomic E-state index is 14.1. The molecule has 0 aliphatic carbocycles. The first kappa shape index (κ1) is 31.2. The molecular formula is C31H38ClN3O4S. The van der Waals surface area contributed by atoms with E-state index in [1.54, 1.807) is 31.2 Å². The number of rotatable bonds is 10. The number of aryl methyl sites for hydroxylation is 2. The predicted octanol–water partition coefficient (Wildman–Crippen LogP) is 5.87. The molecule has 0 fully saturated rings. The number of nitrogens with one attached hydrogen (secondary N) is 1. The van der Waals surface area contributed by atoms with Crippen molar-refractivity contribution in [1.29, 1.82) is 0 Å². The normalized spacial score (nSPS) is 12.5. The number of carbonyl (C=O) groups is 2.